The summed E-state index contributed by atoms with van der Waals surface area (Å²) in [6.07, 6.45) is 3.56. The molecule has 0 saturated carbocycles. The van der Waals surface area contributed by atoms with E-state index in [0.29, 0.717) is 5.82 Å². The van der Waals surface area contributed by atoms with Crippen LogP contribution in [0.5, 0.6) is 0 Å². The molecule has 2 N–H and O–H groups in total. The number of aromatic nitrogens is 2. The van der Waals surface area contributed by atoms with Crippen LogP contribution in [0.1, 0.15) is 5.56 Å². The first-order valence-electron chi connectivity index (χ1n) is 6.45. The highest BCUT2D eigenvalue weighted by molar-refractivity contribution is 5.93. The topological polar surface area (TPSA) is 56.5 Å². The second kappa shape index (κ2) is 3.87. The number of hydrogen-bond donors (Lipinski definition) is 1. The van der Waals surface area contributed by atoms with Gasteiger partial charge in [0.05, 0.1) is 11.6 Å². The molecule has 4 nitrogen and oxygen atoms in total. The van der Waals surface area contributed by atoms with Gasteiger partial charge in [0.1, 0.15) is 22.7 Å². The van der Waals surface area contributed by atoms with E-state index in [1.807, 2.05) is 40.9 Å². The molecule has 0 aliphatic rings. The molecule has 0 atom stereocenters. The van der Waals surface area contributed by atoms with E-state index >= 15 is 0 Å². The van der Waals surface area contributed by atoms with E-state index in [1.165, 1.54) is 0 Å². The fourth-order valence-corrected chi connectivity index (χ4v) is 2.60. The fraction of sp³-hybridized carbons (Fsp3) is 0.0625. The molecule has 3 heterocycles. The lowest BCUT2D eigenvalue weighted by Crippen LogP contribution is -1.94. The number of nitrogen functional groups attached to an aromatic ring is 1. The van der Waals surface area contributed by atoms with E-state index in [9.17, 15) is 0 Å². The summed E-state index contributed by atoms with van der Waals surface area (Å²) in [5.41, 5.74) is 10.9. The van der Waals surface area contributed by atoms with E-state index in [1.54, 1.807) is 6.26 Å². The lowest BCUT2D eigenvalue weighted by atomic mass is 10.1. The maximum Gasteiger partial charge on any atom is 0.150 e. The van der Waals surface area contributed by atoms with Gasteiger partial charge in [0.15, 0.2) is 0 Å². The number of rotatable bonds is 1. The number of imidazole rings is 1. The van der Waals surface area contributed by atoms with Gasteiger partial charge in [0.25, 0.3) is 0 Å². The SMILES string of the molecule is Cc1ccccc1-c1nc2c3ccoc3ccn2c1N. The minimum Gasteiger partial charge on any atom is -0.464 e. The van der Waals surface area contributed by atoms with E-state index in [0.717, 1.165) is 33.4 Å². The van der Waals surface area contributed by atoms with Gasteiger partial charge in [-0.2, -0.15) is 0 Å². The van der Waals surface area contributed by atoms with Crippen molar-refractivity contribution >= 4 is 22.4 Å². The monoisotopic (exact) mass is 263 g/mol. The second-order valence-corrected chi connectivity index (χ2v) is 4.87. The van der Waals surface area contributed by atoms with Gasteiger partial charge in [-0.05, 0) is 24.6 Å². The molecule has 0 amide bonds. The first kappa shape index (κ1) is 11.1. The summed E-state index contributed by atoms with van der Waals surface area (Å²) in [7, 11) is 0. The largest absolute Gasteiger partial charge is 0.464 e. The Morgan fingerprint density at radius 3 is 2.85 bits per heavy atom. The molecule has 0 fully saturated rings. The Hall–Kier alpha value is -2.75. The van der Waals surface area contributed by atoms with Crippen LogP contribution in [0.25, 0.3) is 27.9 Å². The van der Waals surface area contributed by atoms with Crippen molar-refractivity contribution in [2.24, 2.45) is 0 Å². The highest BCUT2D eigenvalue weighted by atomic mass is 16.3. The normalized spacial score (nSPS) is 11.4. The number of nitrogens with zero attached hydrogens (tertiary/aromatic N) is 2. The van der Waals surface area contributed by atoms with Crippen LogP contribution in [0.15, 0.2) is 53.3 Å². The zero-order valence-electron chi connectivity index (χ0n) is 11.0. The Labute approximate surface area is 115 Å². The van der Waals surface area contributed by atoms with Gasteiger partial charge in [-0.25, -0.2) is 4.98 Å². The van der Waals surface area contributed by atoms with Gasteiger partial charge in [-0.15, -0.1) is 0 Å². The first-order valence-corrected chi connectivity index (χ1v) is 6.45. The van der Waals surface area contributed by atoms with Crippen LogP contribution in [0.3, 0.4) is 0 Å². The maximum absolute atomic E-state index is 6.27. The summed E-state index contributed by atoms with van der Waals surface area (Å²) in [6, 6.07) is 11.9. The Kier molecular flexibility index (Phi) is 2.15. The first-order chi connectivity index (χ1) is 9.75. The van der Waals surface area contributed by atoms with Gasteiger partial charge in [0.2, 0.25) is 0 Å². The van der Waals surface area contributed by atoms with Crippen molar-refractivity contribution in [3.63, 3.8) is 0 Å². The molecule has 0 aliphatic heterocycles. The zero-order valence-corrected chi connectivity index (χ0v) is 11.0. The molecule has 0 unspecified atom stereocenters. The predicted molar refractivity (Wildman–Crippen MR) is 79.5 cm³/mol. The number of benzene rings is 1. The number of pyridine rings is 1. The number of furan rings is 1. The second-order valence-electron chi connectivity index (χ2n) is 4.87. The molecule has 4 rings (SSSR count). The van der Waals surface area contributed by atoms with E-state index < -0.39 is 0 Å². The van der Waals surface area contributed by atoms with E-state index in [-0.39, 0.29) is 0 Å². The van der Waals surface area contributed by atoms with Crippen LogP contribution in [-0.4, -0.2) is 9.38 Å². The molecule has 4 aromatic rings. The van der Waals surface area contributed by atoms with Crippen LogP contribution in [0, 0.1) is 6.92 Å². The average molecular weight is 263 g/mol. The Morgan fingerprint density at radius 2 is 2.00 bits per heavy atom. The molecule has 20 heavy (non-hydrogen) atoms. The summed E-state index contributed by atoms with van der Waals surface area (Å²) in [6.45, 7) is 2.06. The fourth-order valence-electron chi connectivity index (χ4n) is 2.60. The van der Waals surface area contributed by atoms with Gasteiger partial charge >= 0.3 is 0 Å². The molecule has 4 heteroatoms. The molecule has 0 spiro atoms. The lowest BCUT2D eigenvalue weighted by Gasteiger charge is -2.02. The zero-order chi connectivity index (χ0) is 13.7. The number of aryl methyl sites for hydroxylation is 1. The van der Waals surface area contributed by atoms with Crippen molar-refractivity contribution in [1.29, 1.82) is 0 Å². The molecule has 0 bridgehead atoms. The summed E-state index contributed by atoms with van der Waals surface area (Å²) < 4.78 is 7.31. The molecular weight excluding hydrogens is 250 g/mol. The smallest absolute Gasteiger partial charge is 0.150 e. The molecular formula is C16H13N3O. The summed E-state index contributed by atoms with van der Waals surface area (Å²) in [4.78, 5) is 4.72. The van der Waals surface area contributed by atoms with Crippen molar-refractivity contribution < 1.29 is 4.42 Å². The van der Waals surface area contributed by atoms with Crippen molar-refractivity contribution in [3.8, 4) is 11.3 Å². The van der Waals surface area contributed by atoms with Gasteiger partial charge in [0, 0.05) is 11.8 Å². The molecule has 3 aromatic heterocycles. The van der Waals surface area contributed by atoms with Crippen LogP contribution >= 0.6 is 0 Å². The quantitative estimate of drug-likeness (QED) is 0.570. The molecule has 0 radical (unpaired) electrons. The number of anilines is 1. The standard InChI is InChI=1S/C16H13N3O/c1-10-4-2-3-5-11(10)14-15(17)19-8-6-13-12(7-9-20-13)16(19)18-14/h2-9H,17H2,1H3. The molecule has 1 aromatic carbocycles. The molecule has 98 valence electrons. The van der Waals surface area contributed by atoms with Crippen LogP contribution < -0.4 is 5.73 Å². The highest BCUT2D eigenvalue weighted by Crippen LogP contribution is 2.31. The van der Waals surface area contributed by atoms with Crippen LogP contribution in [0.2, 0.25) is 0 Å². The number of hydrogen-bond acceptors (Lipinski definition) is 3. The summed E-state index contributed by atoms with van der Waals surface area (Å²) >= 11 is 0. The van der Waals surface area contributed by atoms with Crippen molar-refractivity contribution in [3.05, 3.63) is 54.4 Å². The van der Waals surface area contributed by atoms with E-state index in [4.69, 9.17) is 15.1 Å². The lowest BCUT2D eigenvalue weighted by molar-refractivity contribution is 0.615. The van der Waals surface area contributed by atoms with Crippen molar-refractivity contribution in [2.45, 2.75) is 6.92 Å². The van der Waals surface area contributed by atoms with Crippen molar-refractivity contribution in [1.82, 2.24) is 9.38 Å². The van der Waals surface area contributed by atoms with Gasteiger partial charge in [-0.3, -0.25) is 4.40 Å². The minimum atomic E-state index is 0.650. The van der Waals surface area contributed by atoms with Crippen LogP contribution in [0.4, 0.5) is 5.82 Å². The Balaban J connectivity index is 2.11. The number of nitrogens with two attached hydrogens (primary N) is 1. The van der Waals surface area contributed by atoms with Gasteiger partial charge in [-0.1, -0.05) is 24.3 Å². The van der Waals surface area contributed by atoms with E-state index in [2.05, 4.69) is 13.0 Å². The summed E-state index contributed by atoms with van der Waals surface area (Å²) in [5.74, 6) is 0.650. The Morgan fingerprint density at radius 1 is 1.15 bits per heavy atom. The average Bonchev–Trinajstić information content (AvgIpc) is 3.04. The Bertz CT molecular complexity index is 933. The van der Waals surface area contributed by atoms with Gasteiger partial charge < -0.3 is 10.2 Å². The highest BCUT2D eigenvalue weighted by Gasteiger charge is 2.15. The molecule has 0 saturated heterocycles. The third-order valence-corrected chi connectivity index (χ3v) is 3.66. The van der Waals surface area contributed by atoms with Crippen molar-refractivity contribution in [2.75, 3.05) is 5.73 Å². The maximum atomic E-state index is 6.27. The molecule has 0 aliphatic carbocycles. The third kappa shape index (κ3) is 1.39. The predicted octanol–water partition coefficient (Wildman–Crippen LogP) is 3.64. The number of fused-ring (bicyclic) bond motifs is 3. The summed E-state index contributed by atoms with van der Waals surface area (Å²) in [5, 5.41) is 0.971. The van der Waals surface area contributed by atoms with Crippen LogP contribution in [-0.2, 0) is 0 Å². The minimum absolute atomic E-state index is 0.650. The third-order valence-electron chi connectivity index (χ3n) is 3.66.